The van der Waals surface area contributed by atoms with Crippen molar-refractivity contribution in [2.75, 3.05) is 21.1 Å². The van der Waals surface area contributed by atoms with Gasteiger partial charge in [-0.3, -0.25) is 4.79 Å². The zero-order chi connectivity index (χ0) is 19.1. The van der Waals surface area contributed by atoms with Crippen LogP contribution in [0, 0.1) is 0 Å². The molecule has 1 aromatic carbocycles. The lowest BCUT2D eigenvalue weighted by Gasteiger charge is -2.15. The number of sulfonamides is 1. The van der Waals surface area contributed by atoms with Gasteiger partial charge in [-0.05, 0) is 29.6 Å². The van der Waals surface area contributed by atoms with Crippen molar-refractivity contribution in [1.82, 2.24) is 18.8 Å². The molecular formula is C17H20N4O3S2. The Morgan fingerprint density at radius 2 is 1.96 bits per heavy atom. The van der Waals surface area contributed by atoms with E-state index in [9.17, 15) is 13.2 Å². The molecule has 1 amide bonds. The predicted octanol–water partition coefficient (Wildman–Crippen LogP) is 2.16. The summed E-state index contributed by atoms with van der Waals surface area (Å²) in [7, 11) is 3.22. The molecule has 0 unspecified atom stereocenters. The van der Waals surface area contributed by atoms with Gasteiger partial charge in [0.1, 0.15) is 10.0 Å². The number of benzene rings is 1. The Morgan fingerprint density at radius 3 is 2.58 bits per heavy atom. The maximum absolute atomic E-state index is 12.6. The van der Waals surface area contributed by atoms with E-state index < -0.39 is 10.0 Å². The number of imidazole rings is 1. The molecule has 0 saturated carbocycles. The summed E-state index contributed by atoms with van der Waals surface area (Å²) >= 11 is 1.19. The second-order valence-electron chi connectivity index (χ2n) is 6.18. The first-order valence-electron chi connectivity index (χ1n) is 7.88. The van der Waals surface area contributed by atoms with Crippen LogP contribution in [-0.4, -0.2) is 54.2 Å². The summed E-state index contributed by atoms with van der Waals surface area (Å²) in [5.41, 5.74) is 2.06. The fraction of sp³-hybridized carbons (Fsp3) is 0.294. The molecule has 0 saturated heterocycles. The van der Waals surface area contributed by atoms with Crippen LogP contribution < -0.4 is 0 Å². The molecule has 0 aliphatic carbocycles. The zero-order valence-corrected chi connectivity index (χ0v) is 16.6. The van der Waals surface area contributed by atoms with Crippen molar-refractivity contribution in [1.29, 1.82) is 0 Å². The van der Waals surface area contributed by atoms with E-state index in [0.717, 1.165) is 5.52 Å². The number of hydrogen-bond acceptors (Lipinski definition) is 5. The normalized spacial score (nSPS) is 12.0. The number of hydrogen-bond donors (Lipinski definition) is 0. The van der Waals surface area contributed by atoms with Crippen LogP contribution in [0.1, 0.15) is 16.2 Å². The third-order valence-corrected chi connectivity index (χ3v) is 7.33. The van der Waals surface area contributed by atoms with Gasteiger partial charge >= 0.3 is 0 Å². The standard InChI is InChI=1S/C17H20N4O3S2/c1-19(2)17(22)12-7-8-14-13(10-12)18-15(21(14)4)11-20(3)26(23,24)16-6-5-9-25-16/h5-10H,11H2,1-4H3. The van der Waals surface area contributed by atoms with Crippen LogP contribution in [0.25, 0.3) is 11.0 Å². The second kappa shape index (κ2) is 6.82. The highest BCUT2D eigenvalue weighted by molar-refractivity contribution is 7.91. The molecule has 0 bridgehead atoms. The summed E-state index contributed by atoms with van der Waals surface area (Å²) in [6.07, 6.45) is 0. The molecule has 0 N–H and O–H groups in total. The molecule has 26 heavy (non-hydrogen) atoms. The van der Waals surface area contributed by atoms with Gasteiger partial charge in [0.05, 0.1) is 17.6 Å². The Bertz CT molecular complexity index is 1050. The Hall–Kier alpha value is -2.23. The fourth-order valence-electron chi connectivity index (χ4n) is 2.63. The monoisotopic (exact) mass is 392 g/mol. The summed E-state index contributed by atoms with van der Waals surface area (Å²) in [5, 5.41) is 1.74. The second-order valence-corrected chi connectivity index (χ2v) is 9.40. The number of carbonyl (C=O) groups is 1. The third kappa shape index (κ3) is 3.25. The van der Waals surface area contributed by atoms with Gasteiger partial charge in [-0.25, -0.2) is 13.4 Å². The molecule has 9 heteroatoms. The maximum atomic E-state index is 12.6. The van der Waals surface area contributed by atoms with Crippen molar-refractivity contribution in [3.05, 3.63) is 47.1 Å². The van der Waals surface area contributed by atoms with Crippen molar-refractivity contribution < 1.29 is 13.2 Å². The first-order chi connectivity index (χ1) is 12.2. The predicted molar refractivity (Wildman–Crippen MR) is 102 cm³/mol. The number of carbonyl (C=O) groups excluding carboxylic acids is 1. The lowest BCUT2D eigenvalue weighted by atomic mass is 10.2. The Kier molecular flexibility index (Phi) is 4.87. The smallest absolute Gasteiger partial charge is 0.253 e. The number of nitrogens with zero attached hydrogens (tertiary/aromatic N) is 4. The highest BCUT2D eigenvalue weighted by atomic mass is 32.2. The number of fused-ring (bicyclic) bond motifs is 1. The Labute approximate surface area is 156 Å². The molecule has 0 aliphatic rings. The minimum absolute atomic E-state index is 0.100. The van der Waals surface area contributed by atoms with E-state index >= 15 is 0 Å². The minimum atomic E-state index is -3.54. The van der Waals surface area contributed by atoms with Gasteiger partial charge < -0.3 is 9.47 Å². The van der Waals surface area contributed by atoms with E-state index in [1.807, 2.05) is 17.7 Å². The van der Waals surface area contributed by atoms with Crippen LogP contribution in [0.5, 0.6) is 0 Å². The average Bonchev–Trinajstić information content (AvgIpc) is 3.23. The van der Waals surface area contributed by atoms with Gasteiger partial charge in [-0.15, -0.1) is 11.3 Å². The summed E-state index contributed by atoms with van der Waals surface area (Å²) in [6, 6.07) is 8.61. The van der Waals surface area contributed by atoms with Crippen LogP contribution in [0.3, 0.4) is 0 Å². The van der Waals surface area contributed by atoms with Crippen LogP contribution in [0.2, 0.25) is 0 Å². The first kappa shape index (κ1) is 18.6. The molecule has 0 aliphatic heterocycles. The van der Waals surface area contributed by atoms with Crippen LogP contribution in [-0.2, 0) is 23.6 Å². The molecular weight excluding hydrogens is 372 g/mol. The van der Waals surface area contributed by atoms with Gasteiger partial charge in [0, 0.05) is 33.8 Å². The summed E-state index contributed by atoms with van der Waals surface area (Å²) in [4.78, 5) is 18.2. The molecule has 0 fully saturated rings. The SMILES string of the molecule is CN(C)C(=O)c1ccc2c(c1)nc(CN(C)S(=O)(=O)c1cccs1)n2C. The van der Waals surface area contributed by atoms with Crippen LogP contribution in [0.4, 0.5) is 0 Å². The van der Waals surface area contributed by atoms with Crippen molar-refractivity contribution >= 4 is 38.3 Å². The lowest BCUT2D eigenvalue weighted by Crippen LogP contribution is -2.27. The molecule has 2 heterocycles. The molecule has 138 valence electrons. The topological polar surface area (TPSA) is 75.5 Å². The number of thiophene rings is 1. The Balaban J connectivity index is 1.93. The van der Waals surface area contributed by atoms with E-state index in [2.05, 4.69) is 4.98 Å². The highest BCUT2D eigenvalue weighted by Gasteiger charge is 2.24. The van der Waals surface area contributed by atoms with E-state index in [-0.39, 0.29) is 12.5 Å². The number of aryl methyl sites for hydroxylation is 1. The molecule has 2 aromatic heterocycles. The van der Waals surface area contributed by atoms with Gasteiger partial charge in [-0.1, -0.05) is 6.07 Å². The van der Waals surface area contributed by atoms with Crippen LogP contribution >= 0.6 is 11.3 Å². The van der Waals surface area contributed by atoms with Crippen molar-refractivity contribution in [2.45, 2.75) is 10.8 Å². The highest BCUT2D eigenvalue weighted by Crippen LogP contribution is 2.23. The van der Waals surface area contributed by atoms with E-state index in [0.29, 0.717) is 21.1 Å². The largest absolute Gasteiger partial charge is 0.345 e. The van der Waals surface area contributed by atoms with Crippen molar-refractivity contribution in [3.8, 4) is 0 Å². The van der Waals surface area contributed by atoms with Crippen LogP contribution in [0.15, 0.2) is 39.9 Å². The van der Waals surface area contributed by atoms with E-state index in [4.69, 9.17) is 0 Å². The molecule has 0 spiro atoms. The van der Waals surface area contributed by atoms with Gasteiger partial charge in [0.2, 0.25) is 0 Å². The number of aromatic nitrogens is 2. The van der Waals surface area contributed by atoms with E-state index in [1.165, 1.54) is 27.6 Å². The molecule has 3 rings (SSSR count). The fourth-order valence-corrected chi connectivity index (χ4v) is 4.96. The van der Waals surface area contributed by atoms with Crippen molar-refractivity contribution in [2.24, 2.45) is 7.05 Å². The number of rotatable bonds is 5. The molecule has 0 radical (unpaired) electrons. The van der Waals surface area contributed by atoms with E-state index in [1.54, 1.807) is 43.7 Å². The summed E-state index contributed by atoms with van der Waals surface area (Å²) in [6.45, 7) is 0.141. The van der Waals surface area contributed by atoms with Gasteiger partial charge in [0.25, 0.3) is 15.9 Å². The van der Waals surface area contributed by atoms with Gasteiger partial charge in [-0.2, -0.15) is 4.31 Å². The molecule has 3 aromatic rings. The zero-order valence-electron chi connectivity index (χ0n) is 15.0. The summed E-state index contributed by atoms with van der Waals surface area (Å²) in [5.74, 6) is 0.508. The first-order valence-corrected chi connectivity index (χ1v) is 10.2. The average molecular weight is 393 g/mol. The lowest BCUT2D eigenvalue weighted by molar-refractivity contribution is 0.0827. The quantitative estimate of drug-likeness (QED) is 0.667. The number of amides is 1. The van der Waals surface area contributed by atoms with Gasteiger partial charge in [0.15, 0.2) is 0 Å². The summed E-state index contributed by atoms with van der Waals surface area (Å²) < 4.78 is 28.6. The molecule has 7 nitrogen and oxygen atoms in total. The minimum Gasteiger partial charge on any atom is -0.345 e. The Morgan fingerprint density at radius 1 is 1.23 bits per heavy atom. The maximum Gasteiger partial charge on any atom is 0.253 e. The molecule has 0 atom stereocenters. The third-order valence-electron chi connectivity index (χ3n) is 4.15. The van der Waals surface area contributed by atoms with Crippen molar-refractivity contribution in [3.63, 3.8) is 0 Å².